The van der Waals surface area contributed by atoms with E-state index in [1.54, 1.807) is 7.11 Å². The van der Waals surface area contributed by atoms with Crippen molar-refractivity contribution in [3.05, 3.63) is 35.6 Å². The maximum absolute atomic E-state index is 11.5. The van der Waals surface area contributed by atoms with Crippen LogP contribution in [-0.2, 0) is 14.3 Å². The largest absolute Gasteiger partial charge is 0.501 e. The molecule has 2 unspecified atom stereocenters. The van der Waals surface area contributed by atoms with Gasteiger partial charge in [-0.1, -0.05) is 38.0 Å². The Hall–Kier alpha value is -1.84. The summed E-state index contributed by atoms with van der Waals surface area (Å²) in [5.41, 5.74) is 1.71. The third kappa shape index (κ3) is 5.51. The topological polar surface area (TPSA) is 55.4 Å². The van der Waals surface area contributed by atoms with Crippen molar-refractivity contribution in [3.63, 3.8) is 0 Å². The Morgan fingerprint density at radius 1 is 1.45 bits per heavy atom. The van der Waals surface area contributed by atoms with Crippen LogP contribution in [0.5, 0.6) is 0 Å². The molecule has 0 bridgehead atoms. The highest BCUT2D eigenvalue weighted by molar-refractivity contribution is 5.76. The van der Waals surface area contributed by atoms with E-state index in [9.17, 15) is 9.59 Å². The lowest BCUT2D eigenvalue weighted by atomic mass is 9.88. The Kier molecular flexibility index (Phi) is 7.64. The van der Waals surface area contributed by atoms with Gasteiger partial charge in [-0.3, -0.25) is 9.59 Å². The highest BCUT2D eigenvalue weighted by Crippen LogP contribution is 2.29. The molecular formula is C18H27NO3. The Balaban J connectivity index is 3.03. The molecule has 1 amide bonds. The second kappa shape index (κ2) is 9.23. The number of carbonyl (C=O) groups is 2. The molecule has 122 valence electrons. The molecule has 1 N–H and O–H groups in total. The van der Waals surface area contributed by atoms with Crippen LogP contribution in [0.25, 0.3) is 0 Å². The van der Waals surface area contributed by atoms with Crippen molar-refractivity contribution in [3.8, 4) is 0 Å². The van der Waals surface area contributed by atoms with Gasteiger partial charge in [0, 0.05) is 19.3 Å². The summed E-state index contributed by atoms with van der Waals surface area (Å²) in [5.74, 6) is 0.514. The van der Waals surface area contributed by atoms with E-state index in [0.717, 1.165) is 37.5 Å². The molecule has 22 heavy (non-hydrogen) atoms. The highest BCUT2D eigenvalue weighted by atomic mass is 16.5. The van der Waals surface area contributed by atoms with Gasteiger partial charge in [0.1, 0.15) is 6.29 Å². The summed E-state index contributed by atoms with van der Waals surface area (Å²) in [7, 11) is 1.58. The second-order valence-corrected chi connectivity index (χ2v) is 5.74. The fourth-order valence-corrected chi connectivity index (χ4v) is 2.69. The quantitative estimate of drug-likeness (QED) is 0.425. The number of hydrogen-bond donors (Lipinski definition) is 1. The zero-order chi connectivity index (χ0) is 16.5. The van der Waals surface area contributed by atoms with Gasteiger partial charge < -0.3 is 10.1 Å². The van der Waals surface area contributed by atoms with Crippen LogP contribution in [0.1, 0.15) is 46.0 Å². The van der Waals surface area contributed by atoms with E-state index in [-0.39, 0.29) is 17.9 Å². The van der Waals surface area contributed by atoms with Gasteiger partial charge in [-0.05, 0) is 24.5 Å². The number of allylic oxidation sites excluding steroid dienone is 1. The zero-order valence-corrected chi connectivity index (χ0v) is 13.9. The van der Waals surface area contributed by atoms with Crippen LogP contribution < -0.4 is 5.32 Å². The van der Waals surface area contributed by atoms with Crippen LogP contribution in [-0.4, -0.2) is 25.3 Å². The minimum atomic E-state index is -0.223. The molecule has 0 aromatic rings. The van der Waals surface area contributed by atoms with E-state index >= 15 is 0 Å². The minimum Gasteiger partial charge on any atom is -0.501 e. The number of aldehydes is 1. The molecule has 0 heterocycles. The Morgan fingerprint density at radius 2 is 2.18 bits per heavy atom. The first-order valence-electron chi connectivity index (χ1n) is 7.87. The summed E-state index contributed by atoms with van der Waals surface area (Å²) in [5, 5.41) is 2.94. The van der Waals surface area contributed by atoms with Gasteiger partial charge in [-0.25, -0.2) is 0 Å². The van der Waals surface area contributed by atoms with E-state index in [2.05, 4.69) is 18.8 Å². The van der Waals surface area contributed by atoms with Crippen molar-refractivity contribution in [2.24, 2.45) is 5.92 Å². The van der Waals surface area contributed by atoms with Crippen molar-refractivity contribution in [1.29, 1.82) is 0 Å². The Bertz CT molecular complexity index is 477. The third-order valence-corrected chi connectivity index (χ3v) is 3.88. The maximum Gasteiger partial charge on any atom is 0.217 e. The number of methoxy groups -OCH3 is 1. The molecule has 0 spiro atoms. The van der Waals surface area contributed by atoms with E-state index in [1.807, 2.05) is 12.2 Å². The molecule has 1 aliphatic rings. The highest BCUT2D eigenvalue weighted by Gasteiger charge is 2.25. The lowest BCUT2D eigenvalue weighted by Crippen LogP contribution is -2.37. The molecule has 0 saturated carbocycles. The van der Waals surface area contributed by atoms with E-state index in [4.69, 9.17) is 4.74 Å². The number of ether oxygens (including phenoxy) is 1. The molecule has 0 saturated heterocycles. The summed E-state index contributed by atoms with van der Waals surface area (Å²) >= 11 is 0. The van der Waals surface area contributed by atoms with Crippen molar-refractivity contribution in [2.45, 2.75) is 52.0 Å². The summed E-state index contributed by atoms with van der Waals surface area (Å²) in [6, 6.07) is -0.223. The Labute approximate surface area is 133 Å². The van der Waals surface area contributed by atoms with Gasteiger partial charge in [-0.15, -0.1) is 0 Å². The number of unbranched alkanes of at least 4 members (excludes halogenated alkanes) is 2. The molecule has 2 atom stereocenters. The molecule has 0 radical (unpaired) electrons. The van der Waals surface area contributed by atoms with E-state index < -0.39 is 0 Å². The molecule has 4 nitrogen and oxygen atoms in total. The number of amides is 1. The Morgan fingerprint density at radius 3 is 2.73 bits per heavy atom. The fraction of sp³-hybridized carbons (Fsp3) is 0.556. The third-order valence-electron chi connectivity index (χ3n) is 3.88. The molecule has 0 fully saturated rings. The standard InChI is InChI=1S/C18H27NO3/c1-5-6-7-8-13(2)17-10-15(12-20)9-16(22-4)11-18(17)19-14(3)21/h10-12,17-18H,2,5-9H2,1,3-4H3,(H,19,21). The van der Waals surface area contributed by atoms with Gasteiger partial charge in [-0.2, -0.15) is 0 Å². The van der Waals surface area contributed by atoms with Crippen molar-refractivity contribution < 1.29 is 14.3 Å². The number of rotatable bonds is 8. The summed E-state index contributed by atoms with van der Waals surface area (Å²) in [6.07, 6.45) is 9.39. The van der Waals surface area contributed by atoms with Crippen LogP contribution in [0.2, 0.25) is 0 Å². The van der Waals surface area contributed by atoms with Crippen LogP contribution in [0.4, 0.5) is 0 Å². The molecule has 0 aromatic heterocycles. The SMILES string of the molecule is C=C(CCCCC)C1C=C(C=O)CC(OC)=CC1NC(C)=O. The molecule has 1 rings (SSSR count). The van der Waals surface area contributed by atoms with Crippen LogP contribution in [0, 0.1) is 5.92 Å². The van der Waals surface area contributed by atoms with Crippen molar-refractivity contribution in [2.75, 3.05) is 7.11 Å². The monoisotopic (exact) mass is 305 g/mol. The first kappa shape index (κ1) is 18.2. The maximum atomic E-state index is 11.5. The van der Waals surface area contributed by atoms with Gasteiger partial charge in [0.25, 0.3) is 0 Å². The lowest BCUT2D eigenvalue weighted by molar-refractivity contribution is -0.119. The minimum absolute atomic E-state index is 0.0754. The number of nitrogens with one attached hydrogen (secondary N) is 1. The summed E-state index contributed by atoms with van der Waals surface area (Å²) < 4.78 is 5.32. The van der Waals surface area contributed by atoms with Crippen LogP contribution in [0.3, 0.4) is 0 Å². The van der Waals surface area contributed by atoms with Crippen molar-refractivity contribution >= 4 is 12.2 Å². The second-order valence-electron chi connectivity index (χ2n) is 5.74. The zero-order valence-electron chi connectivity index (χ0n) is 13.9. The van der Waals surface area contributed by atoms with Crippen molar-refractivity contribution in [1.82, 2.24) is 5.32 Å². The lowest BCUT2D eigenvalue weighted by Gasteiger charge is -2.24. The van der Waals surface area contributed by atoms with Gasteiger partial charge in [0.15, 0.2) is 0 Å². The predicted octanol–water partition coefficient (Wildman–Crippen LogP) is 3.30. The molecule has 0 aromatic carbocycles. The fourth-order valence-electron chi connectivity index (χ4n) is 2.69. The molecule has 1 aliphatic carbocycles. The number of hydrogen-bond acceptors (Lipinski definition) is 3. The molecular weight excluding hydrogens is 278 g/mol. The first-order valence-corrected chi connectivity index (χ1v) is 7.87. The smallest absolute Gasteiger partial charge is 0.217 e. The van der Waals surface area contributed by atoms with Gasteiger partial charge in [0.05, 0.1) is 18.9 Å². The van der Waals surface area contributed by atoms with Gasteiger partial charge in [0.2, 0.25) is 5.91 Å². The summed E-state index contributed by atoms with van der Waals surface area (Å²) in [4.78, 5) is 22.8. The average molecular weight is 305 g/mol. The normalized spacial score (nSPS) is 21.2. The number of carbonyl (C=O) groups excluding carboxylic acids is 2. The van der Waals surface area contributed by atoms with Crippen LogP contribution in [0.15, 0.2) is 35.6 Å². The molecule has 0 aliphatic heterocycles. The molecule has 4 heteroatoms. The average Bonchev–Trinajstić information content (AvgIpc) is 2.66. The van der Waals surface area contributed by atoms with E-state index in [1.165, 1.54) is 6.92 Å². The first-order chi connectivity index (χ1) is 10.5. The predicted molar refractivity (Wildman–Crippen MR) is 88.2 cm³/mol. The van der Waals surface area contributed by atoms with E-state index in [0.29, 0.717) is 17.8 Å². The van der Waals surface area contributed by atoms with Crippen LogP contribution >= 0.6 is 0 Å². The van der Waals surface area contributed by atoms with Gasteiger partial charge >= 0.3 is 0 Å². The summed E-state index contributed by atoms with van der Waals surface area (Å²) in [6.45, 7) is 7.84.